The first-order chi connectivity index (χ1) is 23.7. The largest absolute Gasteiger partial charge is 0.510 e. The molecule has 0 radical (unpaired) electrons. The van der Waals surface area contributed by atoms with E-state index in [4.69, 9.17) is 19.9 Å². The predicted octanol–water partition coefficient (Wildman–Crippen LogP) is 1.71. The van der Waals surface area contributed by atoms with Crippen molar-refractivity contribution in [2.75, 3.05) is 60.1 Å². The van der Waals surface area contributed by atoms with Gasteiger partial charge in [0.1, 0.15) is 22.8 Å². The van der Waals surface area contributed by atoms with E-state index in [0.717, 1.165) is 0 Å². The fourth-order valence-electron chi connectivity index (χ4n) is 7.33. The molecule has 3 aliphatic carbocycles. The van der Waals surface area contributed by atoms with Crippen LogP contribution in [-0.4, -0.2) is 127 Å². The highest BCUT2D eigenvalue weighted by Crippen LogP contribution is 2.53. The number of carbonyl (C=O) groups excluding carboxylic acids is 5. The number of likely N-dealkylation sites (N-methyl/N-ethyl adjacent to an activating group) is 1. The molecule has 0 fully saturated rings. The number of primary amides is 1. The molecule has 4 atom stereocenters. The van der Waals surface area contributed by atoms with Gasteiger partial charge in [-0.1, -0.05) is 20.8 Å². The topological polar surface area (TPSA) is 230 Å². The lowest BCUT2D eigenvalue weighted by atomic mass is 9.58. The lowest BCUT2D eigenvalue weighted by Gasteiger charge is -2.50. The summed E-state index contributed by atoms with van der Waals surface area (Å²) in [5.41, 5.74) is 1.94. The fourth-order valence-corrected chi connectivity index (χ4v) is 7.33. The summed E-state index contributed by atoms with van der Waals surface area (Å²) in [5.74, 6) is -8.13. The number of hydrogen-bond donors (Lipinski definition) is 5. The van der Waals surface area contributed by atoms with Gasteiger partial charge in [0.2, 0.25) is 12.6 Å². The van der Waals surface area contributed by atoms with Crippen molar-refractivity contribution in [2.45, 2.75) is 58.2 Å². The van der Waals surface area contributed by atoms with Gasteiger partial charge in [-0.25, -0.2) is 4.79 Å². The number of nitrogens with zero attached hydrogens (tertiary/aromatic N) is 3. The summed E-state index contributed by atoms with van der Waals surface area (Å²) in [5, 5.41) is 46.3. The minimum absolute atomic E-state index is 0.0368. The maximum Gasteiger partial charge on any atom is 0.412 e. The second-order valence-corrected chi connectivity index (χ2v) is 14.8. The van der Waals surface area contributed by atoms with Gasteiger partial charge < -0.3 is 50.2 Å². The fraction of sp³-hybridized carbons (Fsp3) is 0.571. The van der Waals surface area contributed by atoms with E-state index in [9.17, 15) is 44.4 Å². The van der Waals surface area contributed by atoms with Crippen LogP contribution in [0.15, 0.2) is 28.7 Å². The molecule has 0 unspecified atom stereocenters. The zero-order valence-electron chi connectivity index (χ0n) is 30.2. The Hall–Kier alpha value is -4.67. The van der Waals surface area contributed by atoms with E-state index >= 15 is 0 Å². The Morgan fingerprint density at radius 1 is 1.06 bits per heavy atom. The quantitative estimate of drug-likeness (QED) is 0.125. The summed E-state index contributed by atoms with van der Waals surface area (Å²) in [4.78, 5) is 70.0. The molecule has 0 heterocycles. The summed E-state index contributed by atoms with van der Waals surface area (Å²) in [6.45, 7) is 4.99. The van der Waals surface area contributed by atoms with E-state index in [1.807, 2.05) is 20.8 Å². The maximum atomic E-state index is 14.4. The summed E-state index contributed by atoms with van der Waals surface area (Å²) in [6, 6.07) is 0.533. The molecule has 0 bridgehead atoms. The van der Waals surface area contributed by atoms with Gasteiger partial charge in [-0.2, -0.15) is 0 Å². The van der Waals surface area contributed by atoms with E-state index in [1.165, 1.54) is 16.9 Å². The van der Waals surface area contributed by atoms with Crippen molar-refractivity contribution in [1.82, 2.24) is 9.80 Å². The first-order valence-electron chi connectivity index (χ1n) is 16.4. The molecule has 280 valence electrons. The van der Waals surface area contributed by atoms with Gasteiger partial charge in [0.15, 0.2) is 11.4 Å². The second-order valence-electron chi connectivity index (χ2n) is 14.8. The van der Waals surface area contributed by atoms with Crippen LogP contribution in [0.1, 0.15) is 55.1 Å². The van der Waals surface area contributed by atoms with Gasteiger partial charge >= 0.3 is 12.1 Å². The number of aliphatic hydroxyl groups is 3. The number of allylic oxidation sites excluding steroid dienone is 1. The number of phenolic OH excluding ortho intramolecular Hbond substituents is 1. The van der Waals surface area contributed by atoms with Gasteiger partial charge in [0.05, 0.1) is 31.2 Å². The van der Waals surface area contributed by atoms with Gasteiger partial charge in [0.25, 0.3) is 5.91 Å². The molecule has 6 N–H and O–H groups in total. The molecule has 4 rings (SSSR count). The predicted molar refractivity (Wildman–Crippen MR) is 182 cm³/mol. The highest BCUT2D eigenvalue weighted by atomic mass is 16.7. The zero-order chi connectivity index (χ0) is 38.3. The van der Waals surface area contributed by atoms with Crippen LogP contribution in [0, 0.1) is 17.3 Å². The molecule has 0 saturated heterocycles. The van der Waals surface area contributed by atoms with Gasteiger partial charge in [-0.05, 0) is 49.9 Å². The summed E-state index contributed by atoms with van der Waals surface area (Å²) in [6.07, 6.45) is -0.848. The van der Waals surface area contributed by atoms with Crippen molar-refractivity contribution in [1.29, 1.82) is 0 Å². The summed E-state index contributed by atoms with van der Waals surface area (Å²) in [7, 11) is 8.02. The van der Waals surface area contributed by atoms with Crippen molar-refractivity contribution < 1.29 is 58.6 Å². The number of ketones is 2. The average Bonchev–Trinajstić information content (AvgIpc) is 3.01. The minimum atomic E-state index is -2.78. The molecule has 51 heavy (non-hydrogen) atoms. The van der Waals surface area contributed by atoms with Crippen molar-refractivity contribution in [3.05, 3.63) is 45.4 Å². The molecular weight excluding hydrogens is 668 g/mol. The average molecular weight is 717 g/mol. The molecule has 0 aliphatic heterocycles. The van der Waals surface area contributed by atoms with E-state index < -0.39 is 88.1 Å². The lowest BCUT2D eigenvalue weighted by Crippen LogP contribution is -2.63. The number of aromatic hydroxyl groups is 1. The number of carbonyl (C=O) groups is 5. The third kappa shape index (κ3) is 7.25. The molecule has 16 heteroatoms. The van der Waals surface area contributed by atoms with Crippen LogP contribution in [0.3, 0.4) is 0 Å². The van der Waals surface area contributed by atoms with Crippen molar-refractivity contribution >= 4 is 35.2 Å². The summed E-state index contributed by atoms with van der Waals surface area (Å²) < 4.78 is 15.0. The van der Waals surface area contributed by atoms with Crippen LogP contribution in [0.2, 0.25) is 0 Å². The van der Waals surface area contributed by atoms with Crippen LogP contribution in [0.5, 0.6) is 5.75 Å². The molecule has 0 aromatic heterocycles. The molecular formula is C35H48N4O12. The van der Waals surface area contributed by atoms with E-state index in [0.29, 0.717) is 11.3 Å². The number of phenols is 1. The number of benzene rings is 1. The van der Waals surface area contributed by atoms with Crippen LogP contribution in [0.4, 0.5) is 10.5 Å². The van der Waals surface area contributed by atoms with Gasteiger partial charge in [0, 0.05) is 50.5 Å². The van der Waals surface area contributed by atoms with Gasteiger partial charge in [-0.3, -0.25) is 24.1 Å². The Balaban J connectivity index is 1.79. The Bertz CT molecular complexity index is 1690. The lowest BCUT2D eigenvalue weighted by molar-refractivity contribution is -0.153. The Labute approximate surface area is 296 Å². The minimum Gasteiger partial charge on any atom is -0.510 e. The molecule has 1 aromatic carbocycles. The smallest absolute Gasteiger partial charge is 0.412 e. The highest BCUT2D eigenvalue weighted by Gasteiger charge is 2.63. The third-order valence-electron chi connectivity index (χ3n) is 9.46. The van der Waals surface area contributed by atoms with E-state index in [-0.39, 0.29) is 55.7 Å². The van der Waals surface area contributed by atoms with Crippen LogP contribution < -0.4 is 10.6 Å². The highest BCUT2D eigenvalue weighted by molar-refractivity contribution is 6.25. The first kappa shape index (κ1) is 39.1. The number of aliphatic hydroxyl groups excluding tert-OH is 2. The number of esters is 1. The van der Waals surface area contributed by atoms with Crippen molar-refractivity contribution in [2.24, 2.45) is 23.0 Å². The molecule has 16 nitrogen and oxygen atoms in total. The van der Waals surface area contributed by atoms with Crippen LogP contribution in [-0.2, 0) is 41.6 Å². The SMILES string of the molecule is COCCC(=O)OCOC(=O)N(Cc1cc(N(C)C)c2c(c1O)C(=O)C1=C(O)[C@]3(O)C(=O)C(C(N)=O)=C(O)[C@@H](N(C)C)[C@@H]3C[C@@H]1C2)CC(C)(C)C. The number of anilines is 1. The number of methoxy groups -OCH3 is 1. The number of fused-ring (bicyclic) bond motifs is 3. The Kier molecular flexibility index (Phi) is 11.1. The Morgan fingerprint density at radius 3 is 2.25 bits per heavy atom. The number of nitrogens with two attached hydrogens (primary N) is 1. The number of ether oxygens (including phenoxy) is 3. The van der Waals surface area contributed by atoms with Crippen molar-refractivity contribution in [3.63, 3.8) is 0 Å². The van der Waals surface area contributed by atoms with Crippen LogP contribution in [0.25, 0.3) is 0 Å². The number of amides is 2. The zero-order valence-corrected chi connectivity index (χ0v) is 30.2. The number of Topliss-reactive ketones (excluding diaryl/α,β-unsaturated/α-hetero) is 2. The maximum absolute atomic E-state index is 14.4. The van der Waals surface area contributed by atoms with E-state index in [1.54, 1.807) is 39.2 Å². The first-order valence-corrected chi connectivity index (χ1v) is 16.4. The van der Waals surface area contributed by atoms with E-state index in [2.05, 4.69) is 0 Å². The molecule has 3 aliphatic rings. The normalized spacial score (nSPS) is 23.1. The standard InChI is InChI=1S/C35H48N4O12/c1-34(2,3)15-39(33(47)51-16-50-22(40)9-10-49-8)14-18-13-21(37(4)5)19-11-17-12-20-26(38(6)7)29(43)25(32(36)46)31(45)35(20,48)30(44)23(17)28(42)24(19)27(18)41/h13,17,20,26,41,43-44,48H,9-12,14-16H2,1-8H3,(H2,36,46)/t17-,20-,26-,35-/m0/s1. The van der Waals surface area contributed by atoms with Crippen LogP contribution >= 0.6 is 0 Å². The monoisotopic (exact) mass is 716 g/mol. The molecule has 0 saturated carbocycles. The molecule has 0 spiro atoms. The van der Waals surface area contributed by atoms with Gasteiger partial charge in [-0.15, -0.1) is 0 Å². The molecule has 1 aromatic rings. The summed E-state index contributed by atoms with van der Waals surface area (Å²) >= 11 is 0. The third-order valence-corrected chi connectivity index (χ3v) is 9.46. The molecule has 2 amide bonds. The second kappa shape index (κ2) is 14.5. The number of rotatable bonds is 11. The Morgan fingerprint density at radius 2 is 1.71 bits per heavy atom. The van der Waals surface area contributed by atoms with Crippen molar-refractivity contribution in [3.8, 4) is 5.75 Å². The number of hydrogen-bond acceptors (Lipinski definition) is 14.